The summed E-state index contributed by atoms with van der Waals surface area (Å²) in [4.78, 5) is 19.7. The Morgan fingerprint density at radius 2 is 1.97 bits per heavy atom. The van der Waals surface area contributed by atoms with Gasteiger partial charge in [0.1, 0.15) is 0 Å². The minimum absolute atomic E-state index is 0.115. The van der Waals surface area contributed by atoms with Gasteiger partial charge in [-0.2, -0.15) is 4.98 Å². The number of rotatable bonds is 6. The molecule has 0 aliphatic carbocycles. The maximum Gasteiger partial charge on any atom is 0.256 e. The van der Waals surface area contributed by atoms with Crippen LogP contribution in [0.15, 0.2) is 55.0 Å². The van der Waals surface area contributed by atoms with Crippen molar-refractivity contribution < 1.29 is 9.90 Å². The highest BCUT2D eigenvalue weighted by Crippen LogP contribution is 2.30. The summed E-state index contributed by atoms with van der Waals surface area (Å²) in [5.41, 5.74) is 4.94. The van der Waals surface area contributed by atoms with E-state index in [-0.39, 0.29) is 5.91 Å². The highest BCUT2D eigenvalue weighted by molar-refractivity contribution is 6.08. The molecule has 1 atom stereocenters. The van der Waals surface area contributed by atoms with Gasteiger partial charge in [0.25, 0.3) is 5.91 Å². The number of carbonyl (C=O) groups is 1. The third-order valence-corrected chi connectivity index (χ3v) is 6.29. The molecule has 1 aliphatic rings. The fourth-order valence-corrected chi connectivity index (χ4v) is 4.36. The number of nitrogens with zero attached hydrogens (tertiary/aromatic N) is 5. The van der Waals surface area contributed by atoms with Gasteiger partial charge < -0.3 is 19.9 Å². The Morgan fingerprint density at radius 1 is 1.21 bits per heavy atom. The van der Waals surface area contributed by atoms with E-state index in [9.17, 15) is 9.90 Å². The number of fused-ring (bicyclic) bond motifs is 2. The fourth-order valence-electron chi connectivity index (χ4n) is 4.36. The monoisotopic (exact) mass is 444 g/mol. The third-order valence-electron chi connectivity index (χ3n) is 6.29. The van der Waals surface area contributed by atoms with Crippen LogP contribution in [0.2, 0.25) is 0 Å². The number of amides is 1. The average molecular weight is 445 g/mol. The van der Waals surface area contributed by atoms with E-state index in [0.29, 0.717) is 17.3 Å². The Balaban J connectivity index is 1.53. The van der Waals surface area contributed by atoms with Crippen molar-refractivity contribution in [3.05, 3.63) is 60.6 Å². The molecule has 4 aromatic rings. The molecule has 1 aromatic carbocycles. The van der Waals surface area contributed by atoms with Crippen molar-refractivity contribution in [2.45, 2.75) is 39.3 Å². The number of benzene rings is 1. The molecule has 1 saturated heterocycles. The Hall–Kier alpha value is -3.65. The number of carbonyl (C=O) groups excluding carboxylic acids is 1. The molecule has 0 radical (unpaired) electrons. The first-order chi connectivity index (χ1) is 15.9. The standard InChI is InChI=1S/C25H28N6O2/c1-4-29-15-21(24(33)30-10-5-6-11-30)20-13-18(7-8-22(20)29)19-9-12-31-23(14-19)27-25(28-31)26-16(2)17(3)32/h7-9,12-15,17,32H,2,4-6,10-11H2,1,3H3,(H,26,28). The molecule has 8 nitrogen and oxygen atoms in total. The Labute approximate surface area is 192 Å². The smallest absolute Gasteiger partial charge is 0.256 e. The van der Waals surface area contributed by atoms with Gasteiger partial charge in [0.05, 0.1) is 11.7 Å². The third kappa shape index (κ3) is 3.87. The number of likely N-dealkylation sites (tertiary alicyclic amines) is 1. The molecule has 4 heterocycles. The highest BCUT2D eigenvalue weighted by Gasteiger charge is 2.23. The molecule has 2 N–H and O–H groups in total. The maximum atomic E-state index is 13.2. The second-order valence-corrected chi connectivity index (χ2v) is 8.54. The zero-order chi connectivity index (χ0) is 23.1. The summed E-state index contributed by atoms with van der Waals surface area (Å²) in [6, 6.07) is 10.2. The van der Waals surface area contributed by atoms with Crippen LogP contribution in [-0.4, -0.2) is 54.3 Å². The maximum absolute atomic E-state index is 13.2. The van der Waals surface area contributed by atoms with Gasteiger partial charge in [0.15, 0.2) is 5.65 Å². The van der Waals surface area contributed by atoms with E-state index >= 15 is 0 Å². The lowest BCUT2D eigenvalue weighted by Gasteiger charge is -2.14. The molecule has 3 aromatic heterocycles. The van der Waals surface area contributed by atoms with Crippen molar-refractivity contribution in [3.8, 4) is 11.1 Å². The van der Waals surface area contributed by atoms with E-state index in [2.05, 4.69) is 51.7 Å². The minimum Gasteiger partial charge on any atom is -0.387 e. The Morgan fingerprint density at radius 3 is 2.70 bits per heavy atom. The summed E-state index contributed by atoms with van der Waals surface area (Å²) in [5.74, 6) is 0.496. The number of anilines is 1. The van der Waals surface area contributed by atoms with E-state index in [0.717, 1.165) is 60.1 Å². The molecule has 8 heteroatoms. The van der Waals surface area contributed by atoms with E-state index in [1.807, 2.05) is 29.4 Å². The van der Waals surface area contributed by atoms with Crippen LogP contribution in [0.5, 0.6) is 0 Å². The molecule has 33 heavy (non-hydrogen) atoms. The number of pyridine rings is 1. The van der Waals surface area contributed by atoms with Gasteiger partial charge in [-0.05, 0) is 62.1 Å². The van der Waals surface area contributed by atoms with Crippen molar-refractivity contribution in [2.75, 3.05) is 18.4 Å². The van der Waals surface area contributed by atoms with Crippen LogP contribution in [0.25, 0.3) is 27.7 Å². The minimum atomic E-state index is -0.702. The van der Waals surface area contributed by atoms with Crippen LogP contribution in [0, 0.1) is 0 Å². The lowest BCUT2D eigenvalue weighted by atomic mass is 10.0. The molecule has 0 saturated carbocycles. The van der Waals surface area contributed by atoms with Crippen LogP contribution in [0.1, 0.15) is 37.0 Å². The topological polar surface area (TPSA) is 87.7 Å². The first-order valence-corrected chi connectivity index (χ1v) is 11.4. The zero-order valence-electron chi connectivity index (χ0n) is 19.0. The quantitative estimate of drug-likeness (QED) is 0.471. The lowest BCUT2D eigenvalue weighted by Crippen LogP contribution is -2.27. The van der Waals surface area contributed by atoms with Gasteiger partial charge >= 0.3 is 0 Å². The van der Waals surface area contributed by atoms with Gasteiger partial charge in [-0.25, -0.2) is 4.52 Å². The van der Waals surface area contributed by atoms with Crippen LogP contribution in [0.4, 0.5) is 5.95 Å². The van der Waals surface area contributed by atoms with Gasteiger partial charge in [-0.3, -0.25) is 4.79 Å². The Kier molecular flexibility index (Phi) is 5.38. The molecule has 1 amide bonds. The first-order valence-electron chi connectivity index (χ1n) is 11.4. The summed E-state index contributed by atoms with van der Waals surface area (Å²) in [6.07, 6.45) is 5.29. The molecular weight excluding hydrogens is 416 g/mol. The van der Waals surface area contributed by atoms with Crippen molar-refractivity contribution in [1.29, 1.82) is 0 Å². The van der Waals surface area contributed by atoms with Crippen LogP contribution in [0.3, 0.4) is 0 Å². The van der Waals surface area contributed by atoms with E-state index in [4.69, 9.17) is 0 Å². The van der Waals surface area contributed by atoms with Crippen molar-refractivity contribution in [1.82, 2.24) is 24.1 Å². The number of hydrogen-bond donors (Lipinski definition) is 2. The molecule has 0 bridgehead atoms. The average Bonchev–Trinajstić information content (AvgIpc) is 3.55. The summed E-state index contributed by atoms with van der Waals surface area (Å²) in [7, 11) is 0. The highest BCUT2D eigenvalue weighted by atomic mass is 16.3. The van der Waals surface area contributed by atoms with Crippen LogP contribution < -0.4 is 5.32 Å². The van der Waals surface area contributed by atoms with Crippen molar-refractivity contribution in [2.24, 2.45) is 0 Å². The van der Waals surface area contributed by atoms with Crippen molar-refractivity contribution in [3.63, 3.8) is 0 Å². The SMILES string of the molecule is C=C(Nc1nc2cc(-c3ccc4c(c3)c(C(=O)N3CCCC3)cn4CC)ccn2n1)C(C)O. The summed E-state index contributed by atoms with van der Waals surface area (Å²) in [6.45, 7) is 9.99. The summed E-state index contributed by atoms with van der Waals surface area (Å²) >= 11 is 0. The second-order valence-electron chi connectivity index (χ2n) is 8.54. The van der Waals surface area contributed by atoms with Crippen molar-refractivity contribution >= 4 is 28.4 Å². The van der Waals surface area contributed by atoms with Crippen LogP contribution in [-0.2, 0) is 6.54 Å². The van der Waals surface area contributed by atoms with E-state index in [1.54, 1.807) is 11.4 Å². The largest absolute Gasteiger partial charge is 0.387 e. The normalized spacial score (nSPS) is 14.8. The first kappa shape index (κ1) is 21.2. The second kappa shape index (κ2) is 8.37. The number of aliphatic hydroxyl groups is 1. The van der Waals surface area contributed by atoms with Gasteiger partial charge in [0, 0.05) is 48.6 Å². The Bertz CT molecular complexity index is 1360. The number of aliphatic hydroxyl groups excluding tert-OH is 1. The van der Waals surface area contributed by atoms with E-state index < -0.39 is 6.10 Å². The molecule has 0 spiro atoms. The molecule has 1 fully saturated rings. The predicted molar refractivity (Wildman–Crippen MR) is 129 cm³/mol. The number of aryl methyl sites for hydroxylation is 1. The summed E-state index contributed by atoms with van der Waals surface area (Å²) in [5, 5.41) is 17.9. The number of hydrogen-bond acceptors (Lipinski definition) is 5. The van der Waals surface area contributed by atoms with Gasteiger partial charge in [0.2, 0.25) is 5.95 Å². The molecule has 1 aliphatic heterocycles. The number of nitrogens with one attached hydrogen (secondary N) is 1. The van der Waals surface area contributed by atoms with Gasteiger partial charge in [-0.15, -0.1) is 5.10 Å². The van der Waals surface area contributed by atoms with Crippen LogP contribution >= 0.6 is 0 Å². The fraction of sp³-hybridized carbons (Fsp3) is 0.320. The molecule has 170 valence electrons. The van der Waals surface area contributed by atoms with E-state index in [1.165, 1.54) is 0 Å². The molecule has 1 unspecified atom stereocenters. The zero-order valence-corrected chi connectivity index (χ0v) is 19.0. The van der Waals surface area contributed by atoms with Gasteiger partial charge in [-0.1, -0.05) is 12.6 Å². The summed E-state index contributed by atoms with van der Waals surface area (Å²) < 4.78 is 3.81. The predicted octanol–water partition coefficient (Wildman–Crippen LogP) is 3.91. The molecular formula is C25H28N6O2. The number of aromatic nitrogens is 4. The lowest BCUT2D eigenvalue weighted by molar-refractivity contribution is 0.0794. The molecule has 5 rings (SSSR count).